The molecule has 0 unspecified atom stereocenters. The first-order chi connectivity index (χ1) is 8.65. The first-order valence-corrected chi connectivity index (χ1v) is 6.54. The molecule has 0 saturated heterocycles. The summed E-state index contributed by atoms with van der Waals surface area (Å²) >= 11 is 0. The molecule has 2 rings (SSSR count). The summed E-state index contributed by atoms with van der Waals surface area (Å²) in [4.78, 5) is 0. The third kappa shape index (κ3) is 2.73. The van der Waals surface area contributed by atoms with Gasteiger partial charge in [0.2, 0.25) is 0 Å². The smallest absolute Gasteiger partial charge is 0.0718 e. The van der Waals surface area contributed by atoms with Gasteiger partial charge in [-0.3, -0.25) is 0 Å². The highest BCUT2D eigenvalue weighted by Crippen LogP contribution is 2.53. The Bertz CT molecular complexity index is 452. The number of ether oxygens (including phenoxy) is 1. The van der Waals surface area contributed by atoms with Crippen LogP contribution < -0.4 is 0 Å². The quantitative estimate of drug-likeness (QED) is 0.714. The van der Waals surface area contributed by atoms with E-state index in [4.69, 9.17) is 4.74 Å². The minimum Gasteiger partial charge on any atom is -0.380 e. The van der Waals surface area contributed by atoms with Gasteiger partial charge < -0.3 is 4.74 Å². The maximum Gasteiger partial charge on any atom is 0.0718 e. The van der Waals surface area contributed by atoms with Gasteiger partial charge in [-0.15, -0.1) is 0 Å². The second-order valence-corrected chi connectivity index (χ2v) is 5.32. The second kappa shape index (κ2) is 5.53. The highest BCUT2D eigenvalue weighted by Gasteiger charge is 2.52. The first kappa shape index (κ1) is 13.1. The van der Waals surface area contributed by atoms with E-state index in [1.54, 1.807) is 0 Å². The van der Waals surface area contributed by atoms with Crippen LogP contribution in [0.5, 0.6) is 0 Å². The molecule has 0 bridgehead atoms. The zero-order valence-corrected chi connectivity index (χ0v) is 11.7. The maximum absolute atomic E-state index is 5.61. The van der Waals surface area contributed by atoms with E-state index in [1.165, 1.54) is 16.7 Å². The Morgan fingerprint density at radius 2 is 1.72 bits per heavy atom. The van der Waals surface area contributed by atoms with E-state index < -0.39 is 0 Å². The molecule has 1 aliphatic carbocycles. The molecule has 1 aromatic carbocycles. The van der Waals surface area contributed by atoms with Crippen LogP contribution in [0.2, 0.25) is 0 Å². The number of rotatable bonds is 4. The molecule has 96 valence electrons. The lowest BCUT2D eigenvalue weighted by Crippen LogP contribution is -1.92. The predicted molar refractivity (Wildman–Crippen MR) is 76.7 cm³/mol. The molecule has 0 amide bonds. The summed E-state index contributed by atoms with van der Waals surface area (Å²) in [5.41, 5.74) is 4.14. The van der Waals surface area contributed by atoms with Crippen molar-refractivity contribution in [2.75, 3.05) is 7.11 Å². The Morgan fingerprint density at radius 3 is 2.28 bits per heavy atom. The van der Waals surface area contributed by atoms with Crippen LogP contribution in [0.3, 0.4) is 0 Å². The van der Waals surface area contributed by atoms with Crippen molar-refractivity contribution in [3.05, 3.63) is 59.2 Å². The number of methoxy groups -OCH3 is 1. The van der Waals surface area contributed by atoms with Crippen LogP contribution in [0.15, 0.2) is 53.6 Å². The van der Waals surface area contributed by atoms with Crippen molar-refractivity contribution in [3.8, 4) is 0 Å². The van der Waals surface area contributed by atoms with Gasteiger partial charge >= 0.3 is 0 Å². The van der Waals surface area contributed by atoms with Crippen LogP contribution in [0.25, 0.3) is 0 Å². The fourth-order valence-electron chi connectivity index (χ4n) is 2.60. The molecule has 1 aliphatic rings. The zero-order chi connectivity index (χ0) is 13.1. The normalized spacial score (nSPS) is 26.9. The van der Waals surface area contributed by atoms with Gasteiger partial charge in [-0.25, -0.2) is 0 Å². The van der Waals surface area contributed by atoms with Gasteiger partial charge in [-0.2, -0.15) is 0 Å². The predicted octanol–water partition coefficient (Wildman–Crippen LogP) is 4.33. The Morgan fingerprint density at radius 1 is 1.06 bits per heavy atom. The van der Waals surface area contributed by atoms with Crippen LogP contribution in [0.1, 0.15) is 32.3 Å². The van der Waals surface area contributed by atoms with E-state index in [9.17, 15) is 0 Å². The molecule has 0 spiro atoms. The van der Waals surface area contributed by atoms with E-state index in [0.29, 0.717) is 17.9 Å². The van der Waals surface area contributed by atoms with Crippen LogP contribution in [-0.2, 0) is 4.74 Å². The molecule has 0 aromatic heterocycles. The molecule has 1 nitrogen and oxygen atoms in total. The Labute approximate surface area is 110 Å². The Hall–Kier alpha value is -1.34. The minimum atomic E-state index is 0.342. The number of hydrogen-bond acceptors (Lipinski definition) is 1. The van der Waals surface area contributed by atoms with Gasteiger partial charge in [-0.05, 0) is 26.3 Å². The topological polar surface area (TPSA) is 9.23 Å². The van der Waals surface area contributed by atoms with E-state index >= 15 is 0 Å². The lowest BCUT2D eigenvalue weighted by atomic mass is 10.1. The maximum atomic E-state index is 5.61. The summed E-state index contributed by atoms with van der Waals surface area (Å²) in [6.07, 6.45) is 4.76. The van der Waals surface area contributed by atoms with E-state index in [-0.39, 0.29) is 0 Å². The Balaban J connectivity index is 2.16. The van der Waals surface area contributed by atoms with Gasteiger partial charge in [0.25, 0.3) is 0 Å². The lowest BCUT2D eigenvalue weighted by molar-refractivity contribution is 0.170. The lowest BCUT2D eigenvalue weighted by Gasteiger charge is -1.99. The van der Waals surface area contributed by atoms with Crippen LogP contribution in [0.4, 0.5) is 0 Å². The van der Waals surface area contributed by atoms with Crippen molar-refractivity contribution in [2.24, 2.45) is 5.92 Å². The molecular weight excluding hydrogens is 220 g/mol. The summed E-state index contributed by atoms with van der Waals surface area (Å²) < 4.78 is 5.61. The molecule has 1 aromatic rings. The summed E-state index contributed by atoms with van der Waals surface area (Å²) in [5.74, 6) is 1.06. The summed E-state index contributed by atoms with van der Waals surface area (Å²) in [6, 6.07) is 10.7. The van der Waals surface area contributed by atoms with E-state index in [0.717, 1.165) is 0 Å². The van der Waals surface area contributed by atoms with E-state index in [2.05, 4.69) is 63.3 Å². The van der Waals surface area contributed by atoms with Crippen molar-refractivity contribution >= 4 is 0 Å². The summed E-state index contributed by atoms with van der Waals surface area (Å²) in [7, 11) is 1.81. The molecule has 0 heterocycles. The molecule has 3 atom stereocenters. The SMILES string of the molecule is CO[C@H]1[C@H](/C(C)=C\C=C(C)C)[C@H]1c1ccccc1. The fraction of sp³-hybridized carbons (Fsp3) is 0.412. The van der Waals surface area contributed by atoms with Crippen molar-refractivity contribution < 1.29 is 4.74 Å². The van der Waals surface area contributed by atoms with Crippen LogP contribution in [-0.4, -0.2) is 13.2 Å². The van der Waals surface area contributed by atoms with Crippen molar-refractivity contribution in [1.82, 2.24) is 0 Å². The third-order valence-corrected chi connectivity index (χ3v) is 3.62. The van der Waals surface area contributed by atoms with Gasteiger partial charge in [0, 0.05) is 18.9 Å². The van der Waals surface area contributed by atoms with Gasteiger partial charge in [0.15, 0.2) is 0 Å². The van der Waals surface area contributed by atoms with Crippen molar-refractivity contribution in [3.63, 3.8) is 0 Å². The molecule has 18 heavy (non-hydrogen) atoms. The summed E-state index contributed by atoms with van der Waals surface area (Å²) in [6.45, 7) is 6.46. The number of hydrogen-bond donors (Lipinski definition) is 0. The molecule has 1 saturated carbocycles. The molecule has 1 fully saturated rings. The average molecular weight is 242 g/mol. The van der Waals surface area contributed by atoms with Crippen molar-refractivity contribution in [1.29, 1.82) is 0 Å². The number of allylic oxidation sites excluding steroid dienone is 3. The minimum absolute atomic E-state index is 0.342. The third-order valence-electron chi connectivity index (χ3n) is 3.62. The highest BCUT2D eigenvalue weighted by molar-refractivity contribution is 5.36. The Kier molecular flexibility index (Phi) is 4.03. The molecular formula is C17H22O. The fourth-order valence-corrected chi connectivity index (χ4v) is 2.60. The molecule has 1 heteroatoms. The monoisotopic (exact) mass is 242 g/mol. The first-order valence-electron chi connectivity index (χ1n) is 6.54. The summed E-state index contributed by atoms with van der Waals surface area (Å²) in [5, 5.41) is 0. The average Bonchev–Trinajstić information content (AvgIpc) is 3.11. The van der Waals surface area contributed by atoms with Crippen molar-refractivity contribution in [2.45, 2.75) is 32.8 Å². The second-order valence-electron chi connectivity index (χ2n) is 5.32. The van der Waals surface area contributed by atoms with E-state index in [1.807, 2.05) is 7.11 Å². The molecule has 0 aliphatic heterocycles. The highest BCUT2D eigenvalue weighted by atomic mass is 16.5. The molecule has 0 radical (unpaired) electrons. The molecule has 0 N–H and O–H groups in total. The van der Waals surface area contributed by atoms with Crippen LogP contribution >= 0.6 is 0 Å². The van der Waals surface area contributed by atoms with Gasteiger partial charge in [0.05, 0.1) is 6.10 Å². The standard InChI is InChI=1S/C17H22O/c1-12(2)10-11-13(3)15-16(17(15)18-4)14-8-6-5-7-9-14/h5-11,15-17H,1-4H3/b13-11-/t15-,16-,17+/m1/s1. The van der Waals surface area contributed by atoms with Gasteiger partial charge in [0.1, 0.15) is 0 Å². The van der Waals surface area contributed by atoms with Crippen LogP contribution in [0, 0.1) is 5.92 Å². The largest absolute Gasteiger partial charge is 0.380 e. The van der Waals surface area contributed by atoms with Gasteiger partial charge in [-0.1, -0.05) is 53.6 Å². The zero-order valence-electron chi connectivity index (χ0n) is 11.7. The number of benzene rings is 1.